The molecule has 0 spiro atoms. The molecule has 0 unspecified atom stereocenters. The first-order valence-electron chi connectivity index (χ1n) is 15.0. The Kier molecular flexibility index (Phi) is 9.10. The number of nitrogens with zero attached hydrogens (tertiary/aromatic N) is 1. The summed E-state index contributed by atoms with van der Waals surface area (Å²) in [6, 6.07) is 10.2. The van der Waals surface area contributed by atoms with Gasteiger partial charge >= 0.3 is 0 Å². The molecule has 0 atom stereocenters. The summed E-state index contributed by atoms with van der Waals surface area (Å²) >= 11 is 2.24. The van der Waals surface area contributed by atoms with Gasteiger partial charge in [-0.3, -0.25) is 9.59 Å². The molecule has 0 radical (unpaired) electrons. The van der Waals surface area contributed by atoms with Gasteiger partial charge in [-0.15, -0.1) is 0 Å². The third kappa shape index (κ3) is 6.55. The standard InChI is InChI=1S/C35H41FINO5/c1-7-42-29-15-22(14-24(37)33(29)43-20-21-8-10-23(36)11-9-21)30-31-25(16-34(2,3)18-27(31)39)38(12-13-41-6)26-17-35(4,5)19-28(40)32(26)30/h8-11,14-15,30H,7,12-13,16-20H2,1-6H3. The van der Waals surface area contributed by atoms with E-state index in [1.165, 1.54) is 12.1 Å². The van der Waals surface area contributed by atoms with Gasteiger partial charge in [-0.1, -0.05) is 39.8 Å². The zero-order valence-electron chi connectivity index (χ0n) is 25.9. The molecule has 43 heavy (non-hydrogen) atoms. The fourth-order valence-corrected chi connectivity index (χ4v) is 7.51. The molecule has 0 bridgehead atoms. The fraction of sp³-hybridized carbons (Fsp3) is 0.486. The van der Waals surface area contributed by atoms with E-state index in [1.807, 2.05) is 19.1 Å². The van der Waals surface area contributed by atoms with Crippen molar-refractivity contribution in [1.29, 1.82) is 0 Å². The second-order valence-corrected chi connectivity index (χ2v) is 14.5. The highest BCUT2D eigenvalue weighted by molar-refractivity contribution is 14.1. The number of ketones is 2. The van der Waals surface area contributed by atoms with Crippen molar-refractivity contribution < 1.29 is 28.2 Å². The molecule has 230 valence electrons. The van der Waals surface area contributed by atoms with Gasteiger partial charge in [0.1, 0.15) is 12.4 Å². The largest absolute Gasteiger partial charge is 0.490 e. The van der Waals surface area contributed by atoms with Gasteiger partial charge in [0, 0.05) is 55.0 Å². The minimum atomic E-state index is -0.477. The summed E-state index contributed by atoms with van der Waals surface area (Å²) in [5.41, 5.74) is 4.77. The van der Waals surface area contributed by atoms with Crippen molar-refractivity contribution in [2.75, 3.05) is 26.9 Å². The summed E-state index contributed by atoms with van der Waals surface area (Å²) < 4.78 is 32.1. The Balaban J connectivity index is 1.66. The summed E-state index contributed by atoms with van der Waals surface area (Å²) in [6.07, 6.45) is 2.34. The molecule has 8 heteroatoms. The van der Waals surface area contributed by atoms with Gasteiger partial charge in [0.25, 0.3) is 0 Å². The van der Waals surface area contributed by atoms with Crippen molar-refractivity contribution in [3.63, 3.8) is 0 Å². The summed E-state index contributed by atoms with van der Waals surface area (Å²) in [7, 11) is 1.68. The van der Waals surface area contributed by atoms with Gasteiger partial charge in [0.2, 0.25) is 0 Å². The minimum absolute atomic E-state index is 0.0902. The number of Topliss-reactive ketones (excluding diaryl/α,β-unsaturated/α-hetero) is 2. The van der Waals surface area contributed by atoms with Crippen molar-refractivity contribution in [2.24, 2.45) is 10.8 Å². The number of carbonyl (C=O) groups excluding carboxylic acids is 2. The SMILES string of the molecule is CCOc1cc(C2C3=C(CC(C)(C)CC3=O)N(CCOC)C3=C2C(=O)CC(C)(C)C3)cc(I)c1OCc1ccc(F)cc1. The van der Waals surface area contributed by atoms with E-state index in [-0.39, 0.29) is 34.8 Å². The number of methoxy groups -OCH3 is 1. The number of halogens is 2. The van der Waals surface area contributed by atoms with E-state index < -0.39 is 5.92 Å². The average molecular weight is 702 g/mol. The number of benzene rings is 2. The van der Waals surface area contributed by atoms with Crippen molar-refractivity contribution in [2.45, 2.75) is 72.8 Å². The third-order valence-corrected chi connectivity index (χ3v) is 9.30. The lowest BCUT2D eigenvalue weighted by Crippen LogP contribution is -2.45. The molecular weight excluding hydrogens is 660 g/mol. The molecule has 0 N–H and O–H groups in total. The quantitative estimate of drug-likeness (QED) is 0.250. The number of allylic oxidation sites excluding steroid dienone is 4. The summed E-state index contributed by atoms with van der Waals surface area (Å²) in [5.74, 6) is 0.554. The van der Waals surface area contributed by atoms with E-state index in [0.29, 0.717) is 44.1 Å². The van der Waals surface area contributed by atoms with E-state index in [4.69, 9.17) is 14.2 Å². The van der Waals surface area contributed by atoms with Crippen LogP contribution >= 0.6 is 22.6 Å². The van der Waals surface area contributed by atoms with E-state index >= 15 is 0 Å². The van der Waals surface area contributed by atoms with Gasteiger partial charge in [0.15, 0.2) is 23.1 Å². The van der Waals surface area contributed by atoms with E-state index in [2.05, 4.69) is 55.2 Å². The molecule has 2 aromatic carbocycles. The summed E-state index contributed by atoms with van der Waals surface area (Å²) in [4.78, 5) is 30.4. The van der Waals surface area contributed by atoms with Crippen LogP contribution in [0.3, 0.4) is 0 Å². The Morgan fingerprint density at radius 1 is 0.907 bits per heavy atom. The molecule has 0 saturated carbocycles. The molecule has 1 heterocycles. The van der Waals surface area contributed by atoms with E-state index in [9.17, 15) is 14.0 Å². The van der Waals surface area contributed by atoms with Crippen LogP contribution in [0.15, 0.2) is 58.9 Å². The van der Waals surface area contributed by atoms with Gasteiger partial charge in [-0.05, 0) is 88.6 Å². The average Bonchev–Trinajstić information content (AvgIpc) is 2.91. The second kappa shape index (κ2) is 12.3. The van der Waals surface area contributed by atoms with Crippen LogP contribution in [0, 0.1) is 20.2 Å². The first kappa shape index (κ1) is 31.7. The number of hydrogen-bond acceptors (Lipinski definition) is 6. The first-order valence-corrected chi connectivity index (χ1v) is 16.0. The molecule has 6 nitrogen and oxygen atoms in total. The van der Waals surface area contributed by atoms with E-state index in [1.54, 1.807) is 19.2 Å². The maximum atomic E-state index is 14.1. The normalized spacial score (nSPS) is 19.9. The summed E-state index contributed by atoms with van der Waals surface area (Å²) in [5, 5.41) is 0. The van der Waals surface area contributed by atoms with Crippen molar-refractivity contribution in [3.8, 4) is 11.5 Å². The Labute approximate surface area is 267 Å². The highest BCUT2D eigenvalue weighted by Gasteiger charge is 2.49. The molecule has 5 rings (SSSR count). The highest BCUT2D eigenvalue weighted by atomic mass is 127. The van der Waals surface area contributed by atoms with Crippen molar-refractivity contribution >= 4 is 34.2 Å². The number of rotatable bonds is 9. The van der Waals surface area contributed by atoms with Crippen LogP contribution in [0.5, 0.6) is 11.5 Å². The van der Waals surface area contributed by atoms with Crippen LogP contribution in [-0.4, -0.2) is 43.3 Å². The molecule has 3 aliphatic rings. The van der Waals surface area contributed by atoms with Crippen LogP contribution < -0.4 is 9.47 Å². The molecule has 0 amide bonds. The molecule has 2 aromatic rings. The smallest absolute Gasteiger partial charge is 0.174 e. The fourth-order valence-electron chi connectivity index (χ4n) is 6.73. The second-order valence-electron chi connectivity index (χ2n) is 13.4. The number of hydrogen-bond donors (Lipinski definition) is 0. The molecule has 2 aliphatic carbocycles. The van der Waals surface area contributed by atoms with Crippen LogP contribution in [0.4, 0.5) is 4.39 Å². The maximum absolute atomic E-state index is 14.1. The van der Waals surface area contributed by atoms with Crippen LogP contribution in [0.2, 0.25) is 0 Å². The van der Waals surface area contributed by atoms with Gasteiger partial charge in [-0.2, -0.15) is 0 Å². The molecule has 1 aliphatic heterocycles. The topological polar surface area (TPSA) is 65.1 Å². The lowest BCUT2D eigenvalue weighted by Gasteiger charge is -2.49. The lowest BCUT2D eigenvalue weighted by molar-refractivity contribution is -0.119. The summed E-state index contributed by atoms with van der Waals surface area (Å²) in [6.45, 7) is 12.2. The van der Waals surface area contributed by atoms with Crippen LogP contribution in [0.25, 0.3) is 0 Å². The van der Waals surface area contributed by atoms with Crippen LogP contribution in [0.1, 0.15) is 77.3 Å². The first-order chi connectivity index (χ1) is 20.3. The minimum Gasteiger partial charge on any atom is -0.490 e. The Morgan fingerprint density at radius 2 is 1.49 bits per heavy atom. The zero-order valence-corrected chi connectivity index (χ0v) is 28.1. The number of carbonyl (C=O) groups is 2. The maximum Gasteiger partial charge on any atom is 0.174 e. The van der Waals surface area contributed by atoms with E-state index in [0.717, 1.165) is 50.1 Å². The van der Waals surface area contributed by atoms with Crippen molar-refractivity contribution in [3.05, 3.63) is 79.5 Å². The number of ether oxygens (including phenoxy) is 3. The van der Waals surface area contributed by atoms with Gasteiger partial charge < -0.3 is 19.1 Å². The molecule has 0 aromatic heterocycles. The third-order valence-electron chi connectivity index (χ3n) is 8.50. The van der Waals surface area contributed by atoms with Gasteiger partial charge in [-0.25, -0.2) is 4.39 Å². The Bertz CT molecular complexity index is 1440. The van der Waals surface area contributed by atoms with Crippen LogP contribution in [-0.2, 0) is 20.9 Å². The predicted octanol–water partition coefficient (Wildman–Crippen LogP) is 7.74. The Hall–Kier alpha value is -2.72. The molecular formula is C35H41FINO5. The molecule has 0 fully saturated rings. The Morgan fingerprint density at radius 3 is 2.02 bits per heavy atom. The monoisotopic (exact) mass is 701 g/mol. The van der Waals surface area contributed by atoms with Crippen molar-refractivity contribution in [1.82, 2.24) is 4.90 Å². The lowest BCUT2D eigenvalue weighted by atomic mass is 9.63. The predicted molar refractivity (Wildman–Crippen MR) is 172 cm³/mol. The van der Waals surface area contributed by atoms with Gasteiger partial charge in [0.05, 0.1) is 16.8 Å². The zero-order chi connectivity index (χ0) is 31.1. The highest BCUT2D eigenvalue weighted by Crippen LogP contribution is 2.55. The molecule has 0 saturated heterocycles.